The van der Waals surface area contributed by atoms with E-state index in [1.54, 1.807) is 4.90 Å². The van der Waals surface area contributed by atoms with E-state index in [1.807, 2.05) is 48.5 Å². The highest BCUT2D eigenvalue weighted by atomic mass is 79.9. The van der Waals surface area contributed by atoms with Gasteiger partial charge < -0.3 is 14.4 Å². The molecule has 0 bridgehead atoms. The lowest BCUT2D eigenvalue weighted by Crippen LogP contribution is -2.49. The molecule has 0 aliphatic carbocycles. The highest BCUT2D eigenvalue weighted by molar-refractivity contribution is 9.09. The Morgan fingerprint density at radius 1 is 1.26 bits per heavy atom. The molecule has 19 heavy (non-hydrogen) atoms. The molecule has 0 fully saturated rings. The van der Waals surface area contributed by atoms with Gasteiger partial charge in [-0.1, -0.05) is 15.9 Å². The summed E-state index contributed by atoms with van der Waals surface area (Å²) in [5, 5.41) is 0.664. The quantitative estimate of drug-likeness (QED) is 0.691. The van der Waals surface area contributed by atoms with Gasteiger partial charge in [0.15, 0.2) is 0 Å². The molecule has 0 aromatic carbocycles. The maximum absolute atomic E-state index is 12.1. The second-order valence-electron chi connectivity index (χ2n) is 6.24. The fraction of sp³-hybridized carbons (Fsp3) is 0.929. The molecule has 0 aromatic rings. The highest BCUT2D eigenvalue weighted by Gasteiger charge is 2.31. The molecule has 114 valence electrons. The molecule has 0 spiro atoms. The van der Waals surface area contributed by atoms with Gasteiger partial charge >= 0.3 is 6.09 Å². The number of amides is 1. The number of alkyl halides is 1. The van der Waals surface area contributed by atoms with Gasteiger partial charge in [0.2, 0.25) is 0 Å². The van der Waals surface area contributed by atoms with Crippen LogP contribution in [0.3, 0.4) is 0 Å². The van der Waals surface area contributed by atoms with Crippen molar-refractivity contribution in [2.24, 2.45) is 0 Å². The monoisotopic (exact) mass is 337 g/mol. The summed E-state index contributed by atoms with van der Waals surface area (Å²) in [7, 11) is 0. The Balaban J connectivity index is 4.73. The summed E-state index contributed by atoms with van der Waals surface area (Å²) in [6.07, 6.45) is -0.186. The van der Waals surface area contributed by atoms with Crippen LogP contribution in [-0.4, -0.2) is 46.7 Å². The Labute approximate surface area is 125 Å². The van der Waals surface area contributed by atoms with Gasteiger partial charge in [-0.3, -0.25) is 0 Å². The second kappa shape index (κ2) is 7.48. The van der Waals surface area contributed by atoms with Gasteiger partial charge in [-0.15, -0.1) is 0 Å². The summed E-state index contributed by atoms with van der Waals surface area (Å²) in [6, 6.07) is 0. The van der Waals surface area contributed by atoms with E-state index in [2.05, 4.69) is 15.9 Å². The van der Waals surface area contributed by atoms with Gasteiger partial charge in [-0.2, -0.15) is 0 Å². The Hall–Kier alpha value is -0.290. The van der Waals surface area contributed by atoms with Crippen molar-refractivity contribution in [1.82, 2.24) is 4.90 Å². The van der Waals surface area contributed by atoms with Crippen molar-refractivity contribution in [1.29, 1.82) is 0 Å². The number of likely N-dealkylation sites (N-methyl/N-ethyl adjacent to an activating group) is 1. The van der Waals surface area contributed by atoms with Crippen molar-refractivity contribution >= 4 is 22.0 Å². The predicted molar refractivity (Wildman–Crippen MR) is 81.9 cm³/mol. The van der Waals surface area contributed by atoms with E-state index in [9.17, 15) is 4.79 Å². The first-order valence-electron chi connectivity index (χ1n) is 6.74. The fourth-order valence-electron chi connectivity index (χ4n) is 1.72. The molecule has 1 atom stereocenters. The van der Waals surface area contributed by atoms with Crippen molar-refractivity contribution in [2.75, 3.05) is 18.4 Å². The maximum atomic E-state index is 12.1. The predicted octanol–water partition coefficient (Wildman–Crippen LogP) is 3.82. The van der Waals surface area contributed by atoms with Crippen LogP contribution in [0.4, 0.5) is 4.79 Å². The molecule has 1 amide bonds. The Kier molecular flexibility index (Phi) is 7.37. The van der Waals surface area contributed by atoms with Gasteiger partial charge in [0.05, 0.1) is 18.2 Å². The van der Waals surface area contributed by atoms with Crippen LogP contribution < -0.4 is 0 Å². The van der Waals surface area contributed by atoms with E-state index < -0.39 is 11.2 Å². The van der Waals surface area contributed by atoms with E-state index in [4.69, 9.17) is 9.47 Å². The number of hydrogen-bond acceptors (Lipinski definition) is 3. The van der Waals surface area contributed by atoms with Gasteiger partial charge in [0.25, 0.3) is 0 Å². The molecule has 0 saturated carbocycles. The van der Waals surface area contributed by atoms with Crippen LogP contribution in [-0.2, 0) is 9.47 Å². The van der Waals surface area contributed by atoms with E-state index in [0.29, 0.717) is 18.4 Å². The molecule has 0 aliphatic rings. The van der Waals surface area contributed by atoms with Crippen molar-refractivity contribution in [3.05, 3.63) is 0 Å². The van der Waals surface area contributed by atoms with Crippen LogP contribution in [0.5, 0.6) is 0 Å². The molecule has 0 saturated heterocycles. The van der Waals surface area contributed by atoms with Gasteiger partial charge in [0, 0.05) is 11.9 Å². The zero-order chi connectivity index (χ0) is 15.3. The number of ether oxygens (including phenoxy) is 2. The minimum Gasteiger partial charge on any atom is -0.444 e. The Bertz CT molecular complexity index is 289. The first-order chi connectivity index (χ1) is 8.53. The summed E-state index contributed by atoms with van der Waals surface area (Å²) in [4.78, 5) is 13.8. The van der Waals surface area contributed by atoms with Crippen molar-refractivity contribution < 1.29 is 14.3 Å². The third-order valence-corrected chi connectivity index (χ3v) is 3.55. The molecule has 0 N–H and O–H groups in total. The number of carbonyl (C=O) groups is 1. The molecule has 4 nitrogen and oxygen atoms in total. The summed E-state index contributed by atoms with van der Waals surface area (Å²) >= 11 is 3.46. The number of hydrogen-bond donors (Lipinski definition) is 0. The topological polar surface area (TPSA) is 38.8 Å². The highest BCUT2D eigenvalue weighted by Crippen LogP contribution is 2.20. The smallest absolute Gasteiger partial charge is 0.410 e. The van der Waals surface area contributed by atoms with Gasteiger partial charge in [0.1, 0.15) is 5.60 Å². The first-order valence-corrected chi connectivity index (χ1v) is 7.87. The number of halogens is 1. The lowest BCUT2D eigenvalue weighted by atomic mass is 10.1. The SMILES string of the molecule is CCN(CC(C)(CBr)OC(C)C)C(=O)OC(C)(C)C. The molecule has 0 rings (SSSR count). The summed E-state index contributed by atoms with van der Waals surface area (Å²) in [5.74, 6) is 0. The molecule has 0 radical (unpaired) electrons. The maximum Gasteiger partial charge on any atom is 0.410 e. The van der Waals surface area contributed by atoms with Crippen LogP contribution >= 0.6 is 15.9 Å². The molecule has 1 unspecified atom stereocenters. The normalized spacial score (nSPS) is 15.2. The van der Waals surface area contributed by atoms with Crippen molar-refractivity contribution in [3.63, 3.8) is 0 Å². The Morgan fingerprint density at radius 3 is 2.11 bits per heavy atom. The lowest BCUT2D eigenvalue weighted by Gasteiger charge is -2.36. The largest absolute Gasteiger partial charge is 0.444 e. The third kappa shape index (κ3) is 7.78. The molecule has 0 aromatic heterocycles. The van der Waals surface area contributed by atoms with Crippen LogP contribution in [0, 0.1) is 0 Å². The fourth-order valence-corrected chi connectivity index (χ4v) is 2.03. The minimum absolute atomic E-state index is 0.111. The number of rotatable bonds is 6. The Morgan fingerprint density at radius 2 is 1.79 bits per heavy atom. The standard InChI is InChI=1S/C14H28BrNO3/c1-8-16(12(17)19-13(4,5)6)10-14(7,9-15)18-11(2)3/h11H,8-10H2,1-7H3. The summed E-state index contributed by atoms with van der Waals surface area (Å²) in [5.41, 5.74) is -0.894. The van der Waals surface area contributed by atoms with Gasteiger partial charge in [-0.05, 0) is 48.5 Å². The van der Waals surface area contributed by atoms with Crippen LogP contribution in [0.25, 0.3) is 0 Å². The zero-order valence-corrected chi connectivity index (χ0v) is 14.8. The number of nitrogens with zero attached hydrogens (tertiary/aromatic N) is 1. The van der Waals surface area contributed by atoms with Gasteiger partial charge in [-0.25, -0.2) is 4.79 Å². The molecular formula is C14H28BrNO3. The lowest BCUT2D eigenvalue weighted by molar-refractivity contribution is -0.0706. The molecule has 0 heterocycles. The summed E-state index contributed by atoms with van der Waals surface area (Å²) in [6.45, 7) is 14.6. The second-order valence-corrected chi connectivity index (χ2v) is 6.81. The molecular weight excluding hydrogens is 310 g/mol. The average molecular weight is 338 g/mol. The number of carbonyl (C=O) groups excluding carboxylic acids is 1. The first kappa shape index (κ1) is 18.7. The van der Waals surface area contributed by atoms with Crippen LogP contribution in [0.2, 0.25) is 0 Å². The van der Waals surface area contributed by atoms with Crippen LogP contribution in [0.15, 0.2) is 0 Å². The van der Waals surface area contributed by atoms with Crippen molar-refractivity contribution in [3.8, 4) is 0 Å². The minimum atomic E-state index is -0.478. The van der Waals surface area contributed by atoms with E-state index >= 15 is 0 Å². The molecule has 0 aliphatic heterocycles. The van der Waals surface area contributed by atoms with E-state index in [0.717, 1.165) is 0 Å². The van der Waals surface area contributed by atoms with Crippen LogP contribution in [0.1, 0.15) is 48.5 Å². The zero-order valence-electron chi connectivity index (χ0n) is 13.2. The molecule has 5 heteroatoms. The van der Waals surface area contributed by atoms with E-state index in [1.165, 1.54) is 0 Å². The van der Waals surface area contributed by atoms with E-state index in [-0.39, 0.29) is 12.2 Å². The van der Waals surface area contributed by atoms with Crippen molar-refractivity contribution in [2.45, 2.75) is 65.8 Å². The third-order valence-electron chi connectivity index (χ3n) is 2.36. The summed E-state index contributed by atoms with van der Waals surface area (Å²) < 4.78 is 11.3. The average Bonchev–Trinajstić information content (AvgIpc) is 2.22.